The van der Waals surface area contributed by atoms with E-state index in [2.05, 4.69) is 15.5 Å². The fraction of sp³-hybridized carbons (Fsp3) is 0.333. The lowest BCUT2D eigenvalue weighted by Crippen LogP contribution is -2.24. The summed E-state index contributed by atoms with van der Waals surface area (Å²) in [6.07, 6.45) is 0.533. The van der Waals surface area contributed by atoms with E-state index in [0.29, 0.717) is 12.3 Å². The Kier molecular flexibility index (Phi) is 5.47. The summed E-state index contributed by atoms with van der Waals surface area (Å²) in [5.41, 5.74) is 1.50. The number of halogens is 2. The zero-order valence-corrected chi connectivity index (χ0v) is 12.7. The molecule has 1 unspecified atom stereocenters. The molecule has 4 nitrogen and oxygen atoms in total. The number of methoxy groups -OCH3 is 1. The predicted molar refractivity (Wildman–Crippen MR) is 80.1 cm³/mol. The normalized spacial score (nSPS) is 12.2. The van der Waals surface area contributed by atoms with Gasteiger partial charge in [0.1, 0.15) is 5.82 Å². The van der Waals surface area contributed by atoms with E-state index >= 15 is 0 Å². The molecular weight excluding hydrogens is 293 g/mol. The quantitative estimate of drug-likeness (QED) is 0.890. The van der Waals surface area contributed by atoms with Gasteiger partial charge in [-0.3, -0.25) is 0 Å². The van der Waals surface area contributed by atoms with Gasteiger partial charge in [0.05, 0.1) is 23.9 Å². The van der Waals surface area contributed by atoms with Crippen LogP contribution in [0.1, 0.15) is 24.2 Å². The maximum absolute atomic E-state index is 13.5. The average Bonchev–Trinajstić information content (AvgIpc) is 2.51. The van der Waals surface area contributed by atoms with Gasteiger partial charge in [0.2, 0.25) is 5.88 Å². The van der Waals surface area contributed by atoms with E-state index in [4.69, 9.17) is 16.3 Å². The molecule has 0 aliphatic rings. The number of nitrogens with zero attached hydrogens (tertiary/aromatic N) is 2. The van der Waals surface area contributed by atoms with Crippen molar-refractivity contribution in [3.05, 3.63) is 52.4 Å². The Balaban J connectivity index is 2.23. The van der Waals surface area contributed by atoms with Crippen molar-refractivity contribution in [1.29, 1.82) is 0 Å². The summed E-state index contributed by atoms with van der Waals surface area (Å²) >= 11 is 6.01. The first-order valence-electron chi connectivity index (χ1n) is 6.69. The molecule has 2 rings (SSSR count). The zero-order chi connectivity index (χ0) is 15.2. The molecule has 0 radical (unpaired) electrons. The smallest absolute Gasteiger partial charge is 0.233 e. The second-order valence-electron chi connectivity index (χ2n) is 4.53. The SMILES string of the molecule is CCNC(Cc1cccc(F)c1Cl)c1ccc(OC)nn1. The van der Waals surface area contributed by atoms with E-state index in [1.807, 2.05) is 19.1 Å². The van der Waals surface area contributed by atoms with Crippen molar-refractivity contribution in [2.24, 2.45) is 0 Å². The monoisotopic (exact) mass is 309 g/mol. The Morgan fingerprint density at radius 1 is 1.29 bits per heavy atom. The Hall–Kier alpha value is -1.72. The third-order valence-electron chi connectivity index (χ3n) is 3.13. The lowest BCUT2D eigenvalue weighted by Gasteiger charge is -2.18. The van der Waals surface area contributed by atoms with Crippen LogP contribution in [0.4, 0.5) is 4.39 Å². The van der Waals surface area contributed by atoms with Crippen LogP contribution in [-0.4, -0.2) is 23.9 Å². The average molecular weight is 310 g/mol. The summed E-state index contributed by atoms with van der Waals surface area (Å²) in [7, 11) is 1.54. The van der Waals surface area contributed by atoms with Gasteiger partial charge in [0.25, 0.3) is 0 Å². The molecule has 0 saturated carbocycles. The number of hydrogen-bond donors (Lipinski definition) is 1. The van der Waals surface area contributed by atoms with Crippen molar-refractivity contribution in [1.82, 2.24) is 15.5 Å². The molecule has 0 amide bonds. The standard InChI is InChI=1S/C15H17ClFN3O/c1-3-18-13(12-7-8-14(21-2)20-19-12)9-10-5-4-6-11(17)15(10)16/h4-8,13,18H,3,9H2,1-2H3. The fourth-order valence-electron chi connectivity index (χ4n) is 2.08. The molecule has 0 aliphatic heterocycles. The highest BCUT2D eigenvalue weighted by Gasteiger charge is 2.16. The molecule has 1 atom stereocenters. The van der Waals surface area contributed by atoms with Crippen molar-refractivity contribution < 1.29 is 9.13 Å². The first-order valence-corrected chi connectivity index (χ1v) is 7.07. The molecule has 1 N–H and O–H groups in total. The van der Waals surface area contributed by atoms with Crippen LogP contribution in [0.3, 0.4) is 0 Å². The number of rotatable bonds is 6. The summed E-state index contributed by atoms with van der Waals surface area (Å²) in [4.78, 5) is 0. The molecular formula is C15H17ClFN3O. The number of nitrogens with one attached hydrogen (secondary N) is 1. The number of hydrogen-bond acceptors (Lipinski definition) is 4. The fourth-order valence-corrected chi connectivity index (χ4v) is 2.28. The lowest BCUT2D eigenvalue weighted by molar-refractivity contribution is 0.389. The van der Waals surface area contributed by atoms with Gasteiger partial charge in [-0.05, 0) is 30.7 Å². The first-order chi connectivity index (χ1) is 10.2. The highest BCUT2D eigenvalue weighted by Crippen LogP contribution is 2.25. The lowest BCUT2D eigenvalue weighted by atomic mass is 10.0. The minimum Gasteiger partial charge on any atom is -0.480 e. The molecule has 112 valence electrons. The van der Waals surface area contributed by atoms with E-state index in [1.54, 1.807) is 12.1 Å². The molecule has 0 aliphatic carbocycles. The molecule has 1 aromatic carbocycles. The van der Waals surface area contributed by atoms with E-state index in [-0.39, 0.29) is 11.1 Å². The summed E-state index contributed by atoms with van der Waals surface area (Å²) in [6.45, 7) is 2.75. The van der Waals surface area contributed by atoms with Crippen LogP contribution in [0.5, 0.6) is 5.88 Å². The van der Waals surface area contributed by atoms with E-state index < -0.39 is 5.82 Å². The molecule has 0 spiro atoms. The largest absolute Gasteiger partial charge is 0.480 e. The summed E-state index contributed by atoms with van der Waals surface area (Å²) in [6, 6.07) is 8.31. The third-order valence-corrected chi connectivity index (χ3v) is 3.56. The van der Waals surface area contributed by atoms with Gasteiger partial charge >= 0.3 is 0 Å². The van der Waals surface area contributed by atoms with Crippen molar-refractivity contribution in [2.75, 3.05) is 13.7 Å². The van der Waals surface area contributed by atoms with Crippen LogP contribution in [0.25, 0.3) is 0 Å². The number of likely N-dealkylation sites (N-methyl/N-ethyl adjacent to an activating group) is 1. The topological polar surface area (TPSA) is 47.0 Å². The number of aromatic nitrogens is 2. The molecule has 0 bridgehead atoms. The predicted octanol–water partition coefficient (Wildman–Crippen LogP) is 3.17. The van der Waals surface area contributed by atoms with E-state index in [9.17, 15) is 4.39 Å². The molecule has 21 heavy (non-hydrogen) atoms. The van der Waals surface area contributed by atoms with Crippen LogP contribution < -0.4 is 10.1 Å². The molecule has 6 heteroatoms. The number of ether oxygens (including phenoxy) is 1. The van der Waals surface area contributed by atoms with Crippen molar-refractivity contribution in [3.63, 3.8) is 0 Å². The molecule has 0 saturated heterocycles. The summed E-state index contributed by atoms with van der Waals surface area (Å²) in [5.74, 6) is 0.0445. The van der Waals surface area contributed by atoms with Gasteiger partial charge < -0.3 is 10.1 Å². The summed E-state index contributed by atoms with van der Waals surface area (Å²) < 4.78 is 18.5. The second-order valence-corrected chi connectivity index (χ2v) is 4.91. The third kappa shape index (κ3) is 3.89. The molecule has 0 fully saturated rings. The minimum atomic E-state index is -0.412. The highest BCUT2D eigenvalue weighted by atomic mass is 35.5. The van der Waals surface area contributed by atoms with Crippen LogP contribution in [-0.2, 0) is 6.42 Å². The molecule has 1 aromatic heterocycles. The van der Waals surface area contributed by atoms with Gasteiger partial charge in [-0.1, -0.05) is 30.7 Å². The van der Waals surface area contributed by atoms with Crippen LogP contribution in [0.15, 0.2) is 30.3 Å². The zero-order valence-electron chi connectivity index (χ0n) is 11.9. The van der Waals surface area contributed by atoms with E-state index in [1.165, 1.54) is 13.2 Å². The summed E-state index contributed by atoms with van der Waals surface area (Å²) in [5, 5.41) is 11.6. The van der Waals surface area contributed by atoms with Crippen LogP contribution >= 0.6 is 11.6 Å². The first kappa shape index (κ1) is 15.7. The van der Waals surface area contributed by atoms with Crippen LogP contribution in [0.2, 0.25) is 5.02 Å². The Bertz CT molecular complexity index is 592. The van der Waals surface area contributed by atoms with Crippen molar-refractivity contribution >= 4 is 11.6 Å². The minimum absolute atomic E-state index is 0.0901. The Labute approximate surface area is 128 Å². The highest BCUT2D eigenvalue weighted by molar-refractivity contribution is 6.31. The maximum atomic E-state index is 13.5. The van der Waals surface area contributed by atoms with Crippen molar-refractivity contribution in [3.8, 4) is 5.88 Å². The Morgan fingerprint density at radius 2 is 2.10 bits per heavy atom. The van der Waals surface area contributed by atoms with Gasteiger partial charge in [0, 0.05) is 6.07 Å². The maximum Gasteiger partial charge on any atom is 0.233 e. The van der Waals surface area contributed by atoms with E-state index in [0.717, 1.165) is 17.8 Å². The Morgan fingerprint density at radius 3 is 2.71 bits per heavy atom. The van der Waals surface area contributed by atoms with Crippen molar-refractivity contribution in [2.45, 2.75) is 19.4 Å². The van der Waals surface area contributed by atoms with Gasteiger partial charge in [-0.15, -0.1) is 5.10 Å². The second kappa shape index (κ2) is 7.33. The number of benzene rings is 1. The molecule has 1 heterocycles. The van der Waals surface area contributed by atoms with Gasteiger partial charge in [-0.25, -0.2) is 4.39 Å². The van der Waals surface area contributed by atoms with Crippen LogP contribution in [0, 0.1) is 5.82 Å². The van der Waals surface area contributed by atoms with Gasteiger partial charge in [-0.2, -0.15) is 5.10 Å². The van der Waals surface area contributed by atoms with Gasteiger partial charge in [0.15, 0.2) is 0 Å². The molecule has 2 aromatic rings.